The van der Waals surface area contributed by atoms with E-state index < -0.39 is 0 Å². The number of fused-ring (bicyclic) bond motifs is 3. The number of ether oxygens (including phenoxy) is 1. The van der Waals surface area contributed by atoms with E-state index in [1.165, 1.54) is 5.00 Å². The Morgan fingerprint density at radius 2 is 1.97 bits per heavy atom. The number of benzene rings is 1. The smallest absolute Gasteiger partial charge is 0.348 e. The molecule has 1 aliphatic rings. The minimum Gasteiger partial charge on any atom is -0.452 e. The molecule has 0 bridgehead atoms. The van der Waals surface area contributed by atoms with Crippen LogP contribution in [-0.2, 0) is 11.3 Å². The van der Waals surface area contributed by atoms with Gasteiger partial charge in [0.15, 0.2) is 5.58 Å². The van der Waals surface area contributed by atoms with Crippen LogP contribution in [0.1, 0.15) is 20.3 Å². The summed E-state index contributed by atoms with van der Waals surface area (Å²) in [5.74, 6) is 0. The predicted octanol–water partition coefficient (Wildman–Crippen LogP) is 5.09. The molecule has 0 atom stereocenters. The van der Waals surface area contributed by atoms with Crippen molar-refractivity contribution in [1.82, 2.24) is 14.5 Å². The van der Waals surface area contributed by atoms with Gasteiger partial charge in [-0.25, -0.2) is 4.79 Å². The first kappa shape index (κ1) is 23.4. The third kappa shape index (κ3) is 4.35. The molecule has 34 heavy (non-hydrogen) atoms. The summed E-state index contributed by atoms with van der Waals surface area (Å²) in [7, 11) is 1.66. The van der Waals surface area contributed by atoms with Gasteiger partial charge in [0.25, 0.3) is 0 Å². The van der Waals surface area contributed by atoms with Gasteiger partial charge in [0.1, 0.15) is 16.8 Å². The van der Waals surface area contributed by atoms with Gasteiger partial charge >= 0.3 is 5.69 Å². The number of halogens is 1. The fourth-order valence-corrected chi connectivity index (χ4v) is 5.83. The van der Waals surface area contributed by atoms with Crippen molar-refractivity contribution in [2.75, 3.05) is 44.8 Å². The maximum atomic E-state index is 13.2. The minimum absolute atomic E-state index is 0.290. The molecule has 5 rings (SSSR count). The van der Waals surface area contributed by atoms with E-state index in [9.17, 15) is 4.79 Å². The molecule has 7 nitrogen and oxygen atoms in total. The van der Waals surface area contributed by atoms with Gasteiger partial charge in [-0.15, -0.1) is 11.3 Å². The first-order valence-electron chi connectivity index (χ1n) is 11.7. The Kier molecular flexibility index (Phi) is 6.66. The molecule has 0 N–H and O–H groups in total. The zero-order chi connectivity index (χ0) is 23.8. The van der Waals surface area contributed by atoms with Crippen molar-refractivity contribution in [3.05, 3.63) is 45.8 Å². The third-order valence-corrected chi connectivity index (χ3v) is 7.85. The number of methoxy groups -OCH3 is 1. The molecule has 0 radical (unpaired) electrons. The van der Waals surface area contributed by atoms with Gasteiger partial charge in [-0.3, -0.25) is 9.47 Å². The third-order valence-electron chi connectivity index (χ3n) is 6.46. The second-order valence-electron chi connectivity index (χ2n) is 8.92. The molecule has 0 unspecified atom stereocenters. The van der Waals surface area contributed by atoms with Crippen LogP contribution in [0, 0.1) is 0 Å². The summed E-state index contributed by atoms with van der Waals surface area (Å²) in [6.45, 7) is 9.63. The monoisotopic (exact) mass is 500 g/mol. The second-order valence-corrected chi connectivity index (χ2v) is 10.4. The van der Waals surface area contributed by atoms with Crippen LogP contribution in [0.4, 0.5) is 5.00 Å². The molecule has 0 amide bonds. The van der Waals surface area contributed by atoms with E-state index in [4.69, 9.17) is 20.8 Å². The van der Waals surface area contributed by atoms with Crippen LogP contribution in [0.25, 0.3) is 32.6 Å². The summed E-state index contributed by atoms with van der Waals surface area (Å²) in [6.07, 6.45) is 0.700. The molecule has 0 spiro atoms. The highest BCUT2D eigenvalue weighted by molar-refractivity contribution is 7.19. The lowest BCUT2D eigenvalue weighted by Crippen LogP contribution is -2.48. The van der Waals surface area contributed by atoms with Gasteiger partial charge in [0.2, 0.25) is 0 Å². The van der Waals surface area contributed by atoms with Crippen molar-refractivity contribution in [3.63, 3.8) is 0 Å². The van der Waals surface area contributed by atoms with Gasteiger partial charge in [-0.2, -0.15) is 4.98 Å². The Morgan fingerprint density at radius 1 is 1.18 bits per heavy atom. The molecule has 1 aliphatic heterocycles. The van der Waals surface area contributed by atoms with Crippen molar-refractivity contribution >= 4 is 50.0 Å². The topological polar surface area (TPSA) is 63.7 Å². The van der Waals surface area contributed by atoms with E-state index in [0.717, 1.165) is 42.0 Å². The molecular formula is C25H29ClN4O3S. The summed E-state index contributed by atoms with van der Waals surface area (Å²) < 4.78 is 13.1. The molecule has 4 aromatic rings. The largest absolute Gasteiger partial charge is 0.452 e. The van der Waals surface area contributed by atoms with Gasteiger partial charge in [0.05, 0.1) is 9.88 Å². The van der Waals surface area contributed by atoms with Crippen LogP contribution < -0.4 is 10.6 Å². The van der Waals surface area contributed by atoms with Crippen molar-refractivity contribution in [1.29, 1.82) is 0 Å². The summed E-state index contributed by atoms with van der Waals surface area (Å²) >= 11 is 7.96. The number of thiophene rings is 1. The number of hydrogen-bond donors (Lipinski definition) is 0. The van der Waals surface area contributed by atoms with E-state index in [-0.39, 0.29) is 5.69 Å². The molecule has 9 heteroatoms. The van der Waals surface area contributed by atoms with Crippen molar-refractivity contribution in [3.8, 4) is 10.6 Å². The number of nitrogens with zero attached hydrogens (tertiary/aromatic N) is 4. The predicted molar refractivity (Wildman–Crippen MR) is 140 cm³/mol. The lowest BCUT2D eigenvalue weighted by atomic mass is 10.2. The van der Waals surface area contributed by atoms with E-state index in [1.807, 2.05) is 18.2 Å². The lowest BCUT2D eigenvalue weighted by molar-refractivity contribution is 0.190. The number of furan rings is 1. The maximum absolute atomic E-state index is 13.2. The molecule has 1 aromatic carbocycles. The SMILES string of the molecule is COCCCn1c(=O)nc(-c2ccc(N3CCN(C(C)C)CC3)s2)c2oc3ccc(Cl)cc3c21. The van der Waals surface area contributed by atoms with Gasteiger partial charge < -0.3 is 14.1 Å². The van der Waals surface area contributed by atoms with Crippen molar-refractivity contribution in [2.24, 2.45) is 0 Å². The van der Waals surface area contributed by atoms with Crippen LogP contribution in [0.3, 0.4) is 0 Å². The molecule has 180 valence electrons. The normalized spacial score (nSPS) is 15.3. The van der Waals surface area contributed by atoms with E-state index in [2.05, 4.69) is 34.7 Å². The number of aryl methyl sites for hydroxylation is 1. The highest BCUT2D eigenvalue weighted by atomic mass is 35.5. The highest BCUT2D eigenvalue weighted by Crippen LogP contribution is 2.39. The van der Waals surface area contributed by atoms with E-state index >= 15 is 0 Å². The molecule has 1 saturated heterocycles. The van der Waals surface area contributed by atoms with E-state index in [0.29, 0.717) is 47.5 Å². The van der Waals surface area contributed by atoms with Gasteiger partial charge in [-0.05, 0) is 50.6 Å². The lowest BCUT2D eigenvalue weighted by Gasteiger charge is -2.37. The fraction of sp³-hybridized carbons (Fsp3) is 0.440. The van der Waals surface area contributed by atoms with E-state index in [1.54, 1.807) is 29.1 Å². The van der Waals surface area contributed by atoms with Crippen LogP contribution in [0.5, 0.6) is 0 Å². The number of rotatable bonds is 7. The summed E-state index contributed by atoms with van der Waals surface area (Å²) in [6, 6.07) is 10.2. The highest BCUT2D eigenvalue weighted by Gasteiger charge is 2.23. The zero-order valence-corrected chi connectivity index (χ0v) is 21.3. The van der Waals surface area contributed by atoms with Crippen molar-refractivity contribution < 1.29 is 9.15 Å². The van der Waals surface area contributed by atoms with Gasteiger partial charge in [0, 0.05) is 62.9 Å². The Morgan fingerprint density at radius 3 is 2.71 bits per heavy atom. The van der Waals surface area contributed by atoms with Gasteiger partial charge in [-0.1, -0.05) is 11.6 Å². The summed E-state index contributed by atoms with van der Waals surface area (Å²) in [5, 5.41) is 2.61. The first-order chi connectivity index (χ1) is 16.5. The summed E-state index contributed by atoms with van der Waals surface area (Å²) in [5.41, 5.74) is 2.35. The fourth-order valence-electron chi connectivity index (χ4n) is 4.61. The van der Waals surface area contributed by atoms with Crippen LogP contribution >= 0.6 is 22.9 Å². The molecule has 0 saturated carbocycles. The summed E-state index contributed by atoms with van der Waals surface area (Å²) in [4.78, 5) is 23.5. The number of piperazine rings is 1. The average molecular weight is 501 g/mol. The quantitative estimate of drug-likeness (QED) is 0.329. The molecule has 1 fully saturated rings. The Bertz CT molecular complexity index is 1370. The molecule has 3 aromatic heterocycles. The Labute approximate surface area is 207 Å². The molecular weight excluding hydrogens is 472 g/mol. The van der Waals surface area contributed by atoms with Crippen LogP contribution in [0.2, 0.25) is 5.02 Å². The Balaban J connectivity index is 1.57. The minimum atomic E-state index is -0.290. The number of anilines is 1. The van der Waals surface area contributed by atoms with Crippen molar-refractivity contribution in [2.45, 2.75) is 32.9 Å². The average Bonchev–Trinajstić information content (AvgIpc) is 3.46. The maximum Gasteiger partial charge on any atom is 0.348 e. The van der Waals surface area contributed by atoms with Crippen LogP contribution in [-0.4, -0.2) is 60.4 Å². The standard InChI is InChI=1S/C25H29ClN4O3S/c1-16(2)28-10-12-29(13-11-28)21-8-7-20(34-21)22-24-23(18-15-17(26)5-6-19(18)33-24)30(25(31)27-22)9-4-14-32-3/h5-8,15-16H,4,9-14H2,1-3H3. The van der Waals surface area contributed by atoms with Crippen LogP contribution in [0.15, 0.2) is 39.5 Å². The first-order valence-corrected chi connectivity index (χ1v) is 12.9. The zero-order valence-electron chi connectivity index (χ0n) is 19.7. The number of aromatic nitrogens is 2. The molecule has 0 aliphatic carbocycles. The number of hydrogen-bond acceptors (Lipinski definition) is 7. The Hall–Kier alpha value is -2.39. The second kappa shape index (κ2) is 9.70. The molecule has 4 heterocycles.